The molecular weight excluding hydrogens is 432 g/mol. The number of rotatable bonds is 15. The molecule has 0 bridgehead atoms. The van der Waals surface area contributed by atoms with Crippen LogP contribution in [0, 0.1) is 0 Å². The monoisotopic (exact) mass is 472 g/mol. The van der Waals surface area contributed by atoms with Gasteiger partial charge < -0.3 is 9.47 Å². The van der Waals surface area contributed by atoms with Crippen LogP contribution >= 0.6 is 0 Å². The van der Waals surface area contributed by atoms with Gasteiger partial charge in [0.1, 0.15) is 11.5 Å². The van der Waals surface area contributed by atoms with E-state index < -0.39 is 0 Å². The highest BCUT2D eigenvalue weighted by Gasteiger charge is 2.09. The number of carbonyl (C=O) groups is 1. The third-order valence-electron chi connectivity index (χ3n) is 6.25. The first-order chi connectivity index (χ1) is 17.2. The first-order valence-electron chi connectivity index (χ1n) is 13.3. The molecule has 0 aromatic heterocycles. The molecule has 0 atom stereocenters. The van der Waals surface area contributed by atoms with E-state index in [2.05, 4.69) is 26.0 Å². The Morgan fingerprint density at radius 2 is 1.14 bits per heavy atom. The zero-order valence-corrected chi connectivity index (χ0v) is 21.4. The van der Waals surface area contributed by atoms with Crippen LogP contribution in [-0.2, 0) is 6.42 Å². The average molecular weight is 473 g/mol. The molecule has 0 spiro atoms. The third-order valence-corrected chi connectivity index (χ3v) is 6.25. The summed E-state index contributed by atoms with van der Waals surface area (Å²) in [5, 5.41) is 0. The molecule has 186 valence electrons. The van der Waals surface area contributed by atoms with E-state index in [-0.39, 0.29) is 5.97 Å². The Morgan fingerprint density at radius 3 is 1.74 bits per heavy atom. The van der Waals surface area contributed by atoms with E-state index in [0.29, 0.717) is 11.3 Å². The molecule has 3 nitrogen and oxygen atoms in total. The van der Waals surface area contributed by atoms with Crippen molar-refractivity contribution in [1.29, 1.82) is 0 Å². The van der Waals surface area contributed by atoms with E-state index in [0.717, 1.165) is 42.7 Å². The lowest BCUT2D eigenvalue weighted by atomic mass is 10.0. The fraction of sp³-hybridized carbons (Fsp3) is 0.406. The van der Waals surface area contributed by atoms with E-state index in [4.69, 9.17) is 9.47 Å². The largest absolute Gasteiger partial charge is 0.494 e. The van der Waals surface area contributed by atoms with Gasteiger partial charge in [-0.15, -0.1) is 0 Å². The minimum absolute atomic E-state index is 0.343. The minimum atomic E-state index is -0.343. The van der Waals surface area contributed by atoms with E-state index in [1.54, 1.807) is 0 Å². The Labute approximate surface area is 211 Å². The lowest BCUT2D eigenvalue weighted by Gasteiger charge is -2.09. The van der Waals surface area contributed by atoms with Crippen molar-refractivity contribution in [3.8, 4) is 22.6 Å². The number of benzene rings is 3. The third kappa shape index (κ3) is 9.24. The van der Waals surface area contributed by atoms with Crippen molar-refractivity contribution in [1.82, 2.24) is 0 Å². The molecule has 0 aliphatic heterocycles. The topological polar surface area (TPSA) is 35.5 Å². The standard InChI is InChI=1S/C32H40O3/c1-3-5-6-7-8-9-10-11-25-34-30-23-19-28(20-24-30)27-15-17-29(18-16-27)32(33)35-31-21-13-26(12-4-2)14-22-31/h13-24H,3-12,25H2,1-2H3. The van der Waals surface area contributed by atoms with Crippen LogP contribution in [-0.4, -0.2) is 12.6 Å². The van der Waals surface area contributed by atoms with Crippen LogP contribution < -0.4 is 9.47 Å². The van der Waals surface area contributed by atoms with Gasteiger partial charge in [-0.3, -0.25) is 0 Å². The van der Waals surface area contributed by atoms with Crippen LogP contribution in [0.15, 0.2) is 72.8 Å². The van der Waals surface area contributed by atoms with Gasteiger partial charge >= 0.3 is 5.97 Å². The minimum Gasteiger partial charge on any atom is -0.494 e. The lowest BCUT2D eigenvalue weighted by Crippen LogP contribution is -2.08. The van der Waals surface area contributed by atoms with E-state index in [1.807, 2.05) is 60.7 Å². The fourth-order valence-corrected chi connectivity index (χ4v) is 4.15. The summed E-state index contributed by atoms with van der Waals surface area (Å²) in [6.07, 6.45) is 12.5. The molecule has 0 heterocycles. The van der Waals surface area contributed by atoms with E-state index in [1.165, 1.54) is 50.5 Å². The predicted molar refractivity (Wildman–Crippen MR) is 145 cm³/mol. The molecule has 0 radical (unpaired) electrons. The molecule has 0 aliphatic carbocycles. The van der Waals surface area contributed by atoms with E-state index >= 15 is 0 Å². The first-order valence-corrected chi connectivity index (χ1v) is 13.3. The highest BCUT2D eigenvalue weighted by molar-refractivity contribution is 5.91. The molecule has 0 unspecified atom stereocenters. The van der Waals surface area contributed by atoms with Crippen molar-refractivity contribution in [2.75, 3.05) is 6.61 Å². The average Bonchev–Trinajstić information content (AvgIpc) is 2.89. The molecular formula is C32H40O3. The number of carbonyl (C=O) groups excluding carboxylic acids is 1. The van der Waals surface area contributed by atoms with Gasteiger partial charge in [0.25, 0.3) is 0 Å². The van der Waals surface area contributed by atoms with Gasteiger partial charge in [-0.25, -0.2) is 4.79 Å². The van der Waals surface area contributed by atoms with Crippen molar-refractivity contribution in [3.63, 3.8) is 0 Å². The summed E-state index contributed by atoms with van der Waals surface area (Å²) >= 11 is 0. The second-order valence-corrected chi connectivity index (χ2v) is 9.21. The molecule has 3 aromatic carbocycles. The Balaban J connectivity index is 1.42. The second-order valence-electron chi connectivity index (χ2n) is 9.21. The second kappa shape index (κ2) is 15.0. The van der Waals surface area contributed by atoms with Crippen molar-refractivity contribution < 1.29 is 14.3 Å². The van der Waals surface area contributed by atoms with Crippen molar-refractivity contribution in [2.24, 2.45) is 0 Å². The number of hydrogen-bond donors (Lipinski definition) is 0. The van der Waals surface area contributed by atoms with Gasteiger partial charge in [-0.1, -0.05) is 102 Å². The molecule has 3 heteroatoms. The summed E-state index contributed by atoms with van der Waals surface area (Å²) < 4.78 is 11.4. The molecule has 0 saturated carbocycles. The van der Waals surface area contributed by atoms with Crippen LogP contribution in [0.2, 0.25) is 0 Å². The van der Waals surface area contributed by atoms with Crippen molar-refractivity contribution >= 4 is 5.97 Å². The smallest absolute Gasteiger partial charge is 0.343 e. The maximum atomic E-state index is 12.5. The highest BCUT2D eigenvalue weighted by atomic mass is 16.5. The number of unbranched alkanes of at least 4 members (excludes halogenated alkanes) is 7. The lowest BCUT2D eigenvalue weighted by molar-refractivity contribution is 0.0734. The van der Waals surface area contributed by atoms with Gasteiger partial charge in [0.15, 0.2) is 0 Å². The van der Waals surface area contributed by atoms with Gasteiger partial charge in [-0.05, 0) is 65.9 Å². The van der Waals surface area contributed by atoms with Gasteiger partial charge in [-0.2, -0.15) is 0 Å². The molecule has 35 heavy (non-hydrogen) atoms. The van der Waals surface area contributed by atoms with Crippen LogP contribution in [0.3, 0.4) is 0 Å². The normalized spacial score (nSPS) is 10.8. The van der Waals surface area contributed by atoms with Crippen LogP contribution in [0.1, 0.15) is 87.6 Å². The predicted octanol–water partition coefficient (Wildman–Crippen LogP) is 9.04. The zero-order chi connectivity index (χ0) is 24.7. The molecule has 0 saturated heterocycles. The van der Waals surface area contributed by atoms with Gasteiger partial charge in [0.2, 0.25) is 0 Å². The summed E-state index contributed by atoms with van der Waals surface area (Å²) in [6, 6.07) is 23.4. The zero-order valence-electron chi connectivity index (χ0n) is 21.4. The summed E-state index contributed by atoms with van der Waals surface area (Å²) in [5.41, 5.74) is 3.94. The quantitative estimate of drug-likeness (QED) is 0.126. The molecule has 0 N–H and O–H groups in total. The Bertz CT molecular complexity index is 988. The van der Waals surface area contributed by atoms with Crippen molar-refractivity contribution in [3.05, 3.63) is 83.9 Å². The molecule has 0 aliphatic rings. The SMILES string of the molecule is CCCCCCCCCCOc1ccc(-c2ccc(C(=O)Oc3ccc(CCC)cc3)cc2)cc1. The molecule has 3 rings (SSSR count). The van der Waals surface area contributed by atoms with E-state index in [9.17, 15) is 4.79 Å². The number of ether oxygens (including phenoxy) is 2. The van der Waals surface area contributed by atoms with Crippen molar-refractivity contribution in [2.45, 2.75) is 78.1 Å². The van der Waals surface area contributed by atoms with Crippen LogP contribution in [0.4, 0.5) is 0 Å². The highest BCUT2D eigenvalue weighted by Crippen LogP contribution is 2.24. The first kappa shape index (κ1) is 26.5. The maximum Gasteiger partial charge on any atom is 0.343 e. The summed E-state index contributed by atoms with van der Waals surface area (Å²) in [6.45, 7) is 5.18. The van der Waals surface area contributed by atoms with Gasteiger partial charge in [0.05, 0.1) is 12.2 Å². The van der Waals surface area contributed by atoms with Gasteiger partial charge in [0, 0.05) is 0 Å². The molecule has 0 fully saturated rings. The summed E-state index contributed by atoms with van der Waals surface area (Å²) in [4.78, 5) is 12.5. The Kier molecular flexibility index (Phi) is 11.4. The van der Waals surface area contributed by atoms with Crippen LogP contribution in [0.25, 0.3) is 11.1 Å². The molecule has 0 amide bonds. The molecule has 3 aromatic rings. The number of aryl methyl sites for hydroxylation is 1. The van der Waals surface area contributed by atoms with Crippen LogP contribution in [0.5, 0.6) is 11.5 Å². The Hall–Kier alpha value is -3.07. The maximum absolute atomic E-state index is 12.5. The number of esters is 1. The summed E-state index contributed by atoms with van der Waals surface area (Å²) in [5.74, 6) is 1.13. The number of hydrogen-bond acceptors (Lipinski definition) is 3. The Morgan fingerprint density at radius 1 is 0.600 bits per heavy atom. The summed E-state index contributed by atoms with van der Waals surface area (Å²) in [7, 11) is 0. The fourth-order valence-electron chi connectivity index (χ4n) is 4.15.